The van der Waals surface area contributed by atoms with Gasteiger partial charge in [-0.15, -0.1) is 0 Å². The third-order valence-electron chi connectivity index (χ3n) is 2.29. The van der Waals surface area contributed by atoms with E-state index < -0.39 is 18.0 Å². The summed E-state index contributed by atoms with van der Waals surface area (Å²) in [6.07, 6.45) is 0.777. The van der Waals surface area contributed by atoms with Crippen LogP contribution < -0.4 is 5.73 Å². The molecule has 1 aliphatic carbocycles. The summed E-state index contributed by atoms with van der Waals surface area (Å²) >= 11 is 0. The molecule has 0 spiro atoms. The fourth-order valence-electron chi connectivity index (χ4n) is 1.52. The normalized spacial score (nSPS) is 22.5. The molecule has 0 aromatic rings. The monoisotopic (exact) mass is 219 g/mol. The Morgan fingerprint density at radius 3 is 2.47 bits per heavy atom. The second kappa shape index (κ2) is 4.59. The zero-order valence-electron chi connectivity index (χ0n) is 8.63. The first kappa shape index (κ1) is 11.9. The van der Waals surface area contributed by atoms with Gasteiger partial charge in [-0.05, 0) is 19.8 Å². The standard InChI is InChI=1S/C10H15F2NO2/c1-7(13)6-9(14)15-8-2-4-10(11,12)5-3-8/h6,8H,2-5,13H2,1H3/b7-6-. The van der Waals surface area contributed by atoms with Crippen molar-refractivity contribution in [1.82, 2.24) is 0 Å². The molecule has 0 amide bonds. The number of rotatable bonds is 2. The maximum absolute atomic E-state index is 12.8. The first-order valence-corrected chi connectivity index (χ1v) is 4.91. The number of alkyl halides is 2. The molecule has 2 N–H and O–H groups in total. The van der Waals surface area contributed by atoms with Crippen LogP contribution >= 0.6 is 0 Å². The molecule has 1 saturated carbocycles. The fourth-order valence-corrected chi connectivity index (χ4v) is 1.52. The molecule has 0 atom stereocenters. The molecule has 0 aliphatic heterocycles. The summed E-state index contributed by atoms with van der Waals surface area (Å²) in [5.74, 6) is -3.15. The number of halogens is 2. The summed E-state index contributed by atoms with van der Waals surface area (Å²) < 4.78 is 30.5. The van der Waals surface area contributed by atoms with Crippen LogP contribution in [0.25, 0.3) is 0 Å². The van der Waals surface area contributed by atoms with Crippen LogP contribution in [0.3, 0.4) is 0 Å². The maximum Gasteiger partial charge on any atom is 0.332 e. The number of carbonyl (C=O) groups excluding carboxylic acids is 1. The molecule has 0 unspecified atom stereocenters. The molecule has 3 nitrogen and oxygen atoms in total. The van der Waals surface area contributed by atoms with Gasteiger partial charge in [0.05, 0.1) is 0 Å². The Morgan fingerprint density at radius 1 is 1.47 bits per heavy atom. The van der Waals surface area contributed by atoms with E-state index in [9.17, 15) is 13.6 Å². The van der Waals surface area contributed by atoms with Gasteiger partial charge >= 0.3 is 5.97 Å². The van der Waals surface area contributed by atoms with Gasteiger partial charge in [0, 0.05) is 24.6 Å². The van der Waals surface area contributed by atoms with Gasteiger partial charge in [-0.1, -0.05) is 0 Å². The lowest BCUT2D eigenvalue weighted by Gasteiger charge is -2.27. The predicted octanol–water partition coefficient (Wildman–Crippen LogP) is 1.97. The highest BCUT2D eigenvalue weighted by Crippen LogP contribution is 2.34. The average Bonchev–Trinajstić information content (AvgIpc) is 2.07. The number of hydrogen-bond donors (Lipinski definition) is 1. The summed E-state index contributed by atoms with van der Waals surface area (Å²) in [5.41, 5.74) is 5.63. The highest BCUT2D eigenvalue weighted by atomic mass is 19.3. The van der Waals surface area contributed by atoms with Gasteiger partial charge in [0.15, 0.2) is 0 Å². The Morgan fingerprint density at radius 2 is 2.00 bits per heavy atom. The molecule has 0 aromatic carbocycles. The van der Waals surface area contributed by atoms with Gasteiger partial charge in [-0.2, -0.15) is 0 Å². The third-order valence-corrected chi connectivity index (χ3v) is 2.29. The van der Waals surface area contributed by atoms with Gasteiger partial charge < -0.3 is 10.5 Å². The number of nitrogens with two attached hydrogens (primary N) is 1. The molecule has 0 radical (unpaired) electrons. The molecule has 86 valence electrons. The summed E-state index contributed by atoms with van der Waals surface area (Å²) in [5, 5.41) is 0. The lowest BCUT2D eigenvalue weighted by Crippen LogP contribution is -2.30. The Balaban J connectivity index is 2.36. The van der Waals surface area contributed by atoms with E-state index in [2.05, 4.69) is 0 Å². The molecule has 0 heterocycles. The van der Waals surface area contributed by atoms with Crippen molar-refractivity contribution in [3.05, 3.63) is 11.8 Å². The zero-order chi connectivity index (χ0) is 11.5. The summed E-state index contributed by atoms with van der Waals surface area (Å²) in [4.78, 5) is 11.1. The zero-order valence-corrected chi connectivity index (χ0v) is 8.63. The largest absolute Gasteiger partial charge is 0.459 e. The van der Waals surface area contributed by atoms with E-state index in [-0.39, 0.29) is 25.7 Å². The second-order valence-corrected chi connectivity index (χ2v) is 3.88. The number of hydrogen-bond acceptors (Lipinski definition) is 3. The maximum atomic E-state index is 12.8. The fraction of sp³-hybridized carbons (Fsp3) is 0.700. The Hall–Kier alpha value is -1.13. The Kier molecular flexibility index (Phi) is 3.66. The minimum Gasteiger partial charge on any atom is -0.459 e. The first-order chi connectivity index (χ1) is 6.89. The lowest BCUT2D eigenvalue weighted by molar-refractivity contribution is -0.149. The minimum atomic E-state index is -2.59. The number of ether oxygens (including phenoxy) is 1. The number of esters is 1. The summed E-state index contributed by atoms with van der Waals surface area (Å²) in [7, 11) is 0. The van der Waals surface area contributed by atoms with Crippen molar-refractivity contribution >= 4 is 5.97 Å². The molecule has 0 saturated heterocycles. The van der Waals surface area contributed by atoms with Gasteiger partial charge in [-0.25, -0.2) is 13.6 Å². The first-order valence-electron chi connectivity index (χ1n) is 4.91. The van der Waals surface area contributed by atoms with Crippen molar-refractivity contribution in [3.8, 4) is 0 Å². The average molecular weight is 219 g/mol. The minimum absolute atomic E-state index is 0.212. The van der Waals surface area contributed by atoms with Crippen molar-refractivity contribution in [2.45, 2.75) is 44.6 Å². The molecular formula is C10H15F2NO2. The van der Waals surface area contributed by atoms with Crippen LogP contribution in [0.5, 0.6) is 0 Å². The smallest absolute Gasteiger partial charge is 0.332 e. The molecule has 1 fully saturated rings. The van der Waals surface area contributed by atoms with E-state index in [0.717, 1.165) is 6.08 Å². The van der Waals surface area contributed by atoms with Crippen LogP contribution in [0.2, 0.25) is 0 Å². The predicted molar refractivity (Wildman–Crippen MR) is 51.2 cm³/mol. The topological polar surface area (TPSA) is 52.3 Å². The van der Waals surface area contributed by atoms with Crippen molar-refractivity contribution in [3.63, 3.8) is 0 Å². The van der Waals surface area contributed by atoms with Crippen LogP contribution in [0, 0.1) is 0 Å². The van der Waals surface area contributed by atoms with Crippen LogP contribution in [-0.4, -0.2) is 18.0 Å². The van der Waals surface area contributed by atoms with Crippen LogP contribution in [0.4, 0.5) is 8.78 Å². The quantitative estimate of drug-likeness (QED) is 0.570. The van der Waals surface area contributed by atoms with Gasteiger partial charge in [0.25, 0.3) is 0 Å². The van der Waals surface area contributed by atoms with Crippen LogP contribution in [-0.2, 0) is 9.53 Å². The molecular weight excluding hydrogens is 204 g/mol. The number of carbonyl (C=O) groups is 1. The number of allylic oxidation sites excluding steroid dienone is 1. The summed E-state index contributed by atoms with van der Waals surface area (Å²) in [6, 6.07) is 0. The van der Waals surface area contributed by atoms with Gasteiger partial charge in [-0.3, -0.25) is 0 Å². The Labute approximate surface area is 87.3 Å². The van der Waals surface area contributed by atoms with E-state index in [1.54, 1.807) is 6.92 Å². The lowest BCUT2D eigenvalue weighted by atomic mass is 9.94. The molecule has 1 rings (SSSR count). The Bertz CT molecular complexity index is 263. The van der Waals surface area contributed by atoms with Gasteiger partial charge in [0.2, 0.25) is 5.92 Å². The molecule has 1 aliphatic rings. The van der Waals surface area contributed by atoms with E-state index in [4.69, 9.17) is 10.5 Å². The second-order valence-electron chi connectivity index (χ2n) is 3.88. The molecule has 0 bridgehead atoms. The van der Waals surface area contributed by atoms with Crippen molar-refractivity contribution in [2.24, 2.45) is 5.73 Å². The van der Waals surface area contributed by atoms with Crippen molar-refractivity contribution < 1.29 is 18.3 Å². The van der Waals surface area contributed by atoms with Gasteiger partial charge in [0.1, 0.15) is 6.10 Å². The SMILES string of the molecule is C/C(N)=C/C(=O)OC1CCC(F)(F)CC1. The molecule has 15 heavy (non-hydrogen) atoms. The van der Waals surface area contributed by atoms with Crippen LogP contribution in [0.15, 0.2) is 11.8 Å². The molecule has 5 heteroatoms. The van der Waals surface area contributed by atoms with Crippen LogP contribution in [0.1, 0.15) is 32.6 Å². The van der Waals surface area contributed by atoms with E-state index in [0.29, 0.717) is 5.70 Å². The highest BCUT2D eigenvalue weighted by Gasteiger charge is 2.36. The molecule has 0 aromatic heterocycles. The van der Waals surface area contributed by atoms with E-state index in [1.807, 2.05) is 0 Å². The van der Waals surface area contributed by atoms with E-state index >= 15 is 0 Å². The van der Waals surface area contributed by atoms with Crippen molar-refractivity contribution in [1.29, 1.82) is 0 Å². The summed E-state index contributed by atoms with van der Waals surface area (Å²) in [6.45, 7) is 1.57. The van der Waals surface area contributed by atoms with E-state index in [1.165, 1.54) is 0 Å². The highest BCUT2D eigenvalue weighted by molar-refractivity contribution is 5.82. The third kappa shape index (κ3) is 4.27. The van der Waals surface area contributed by atoms with Crippen molar-refractivity contribution in [2.75, 3.05) is 0 Å².